The molecule has 1 aliphatic rings. The van der Waals surface area contributed by atoms with Crippen LogP contribution in [0.4, 0.5) is 0 Å². The van der Waals surface area contributed by atoms with Gasteiger partial charge in [-0.15, -0.1) is 0 Å². The fourth-order valence-corrected chi connectivity index (χ4v) is 1.14. The van der Waals surface area contributed by atoms with Crippen molar-refractivity contribution in [3.05, 3.63) is 0 Å². The fraction of sp³-hybridized carbons (Fsp3) is 0.857. The molecule has 0 aromatic rings. The van der Waals surface area contributed by atoms with E-state index in [0.717, 1.165) is 0 Å². The Morgan fingerprint density at radius 1 is 1.82 bits per heavy atom. The smallest absolute Gasteiger partial charge is 0.323 e. The van der Waals surface area contributed by atoms with E-state index in [9.17, 15) is 4.79 Å². The molecule has 0 radical (unpaired) electrons. The first-order valence-electron chi connectivity index (χ1n) is 3.82. The van der Waals surface area contributed by atoms with E-state index in [1.54, 1.807) is 6.92 Å². The highest BCUT2D eigenvalue weighted by atomic mass is 16.5. The summed E-state index contributed by atoms with van der Waals surface area (Å²) in [5, 5.41) is 11.9. The Hall–Kier alpha value is -0.610. The topological polar surface area (TPSA) is 58.6 Å². The molecule has 4 heteroatoms. The van der Waals surface area contributed by atoms with Gasteiger partial charge in [0.25, 0.3) is 0 Å². The molecule has 0 aromatic heterocycles. The Morgan fingerprint density at radius 2 is 2.55 bits per heavy atom. The Kier molecular flexibility index (Phi) is 2.84. The highest BCUT2D eigenvalue weighted by Gasteiger charge is 2.28. The van der Waals surface area contributed by atoms with Crippen LogP contribution < -0.4 is 5.32 Å². The lowest BCUT2D eigenvalue weighted by Gasteiger charge is -2.07. The number of ether oxygens (including phenoxy) is 1. The van der Waals surface area contributed by atoms with Gasteiger partial charge in [-0.25, -0.2) is 0 Å². The van der Waals surface area contributed by atoms with Crippen LogP contribution in [0.2, 0.25) is 0 Å². The summed E-state index contributed by atoms with van der Waals surface area (Å²) in [6, 6.07) is -0.301. The average molecular weight is 159 g/mol. The molecule has 0 bridgehead atoms. The predicted molar refractivity (Wildman–Crippen MR) is 39.0 cm³/mol. The van der Waals surface area contributed by atoms with E-state index in [4.69, 9.17) is 9.84 Å². The number of β-amino-alcohol motifs (C(OH)–C–C–N with tert-alkyl or cyclic N) is 1. The van der Waals surface area contributed by atoms with Crippen LogP contribution in [0, 0.1) is 0 Å². The minimum atomic E-state index is -0.399. The molecule has 1 fully saturated rings. The maximum atomic E-state index is 11.0. The zero-order valence-electron chi connectivity index (χ0n) is 6.54. The third-order valence-electron chi connectivity index (χ3n) is 1.68. The van der Waals surface area contributed by atoms with Gasteiger partial charge in [-0.2, -0.15) is 0 Å². The number of aliphatic hydroxyl groups is 1. The number of carbonyl (C=O) groups is 1. The summed E-state index contributed by atoms with van der Waals surface area (Å²) < 4.78 is 4.76. The molecule has 0 saturated carbocycles. The van der Waals surface area contributed by atoms with Crippen molar-refractivity contribution in [2.45, 2.75) is 25.5 Å². The Bertz CT molecular complexity index is 149. The van der Waals surface area contributed by atoms with Crippen molar-refractivity contribution in [3.8, 4) is 0 Å². The van der Waals surface area contributed by atoms with Crippen molar-refractivity contribution >= 4 is 5.97 Å². The first-order valence-corrected chi connectivity index (χ1v) is 3.82. The van der Waals surface area contributed by atoms with Gasteiger partial charge in [-0.3, -0.25) is 4.79 Å². The first kappa shape index (κ1) is 8.49. The molecule has 1 saturated heterocycles. The van der Waals surface area contributed by atoms with Crippen LogP contribution in [0.5, 0.6) is 0 Å². The largest absolute Gasteiger partial charge is 0.465 e. The molecule has 0 aliphatic carbocycles. The van der Waals surface area contributed by atoms with Gasteiger partial charge < -0.3 is 15.2 Å². The molecule has 2 N–H and O–H groups in total. The molecule has 4 nitrogen and oxygen atoms in total. The molecule has 1 aliphatic heterocycles. The van der Waals surface area contributed by atoms with E-state index < -0.39 is 6.10 Å². The van der Waals surface area contributed by atoms with E-state index in [1.807, 2.05) is 0 Å². The highest BCUT2D eigenvalue weighted by Crippen LogP contribution is 2.07. The lowest BCUT2D eigenvalue weighted by molar-refractivity contribution is -0.145. The molecule has 1 heterocycles. The number of rotatable bonds is 2. The van der Waals surface area contributed by atoms with Crippen molar-refractivity contribution in [1.29, 1.82) is 0 Å². The molecule has 64 valence electrons. The van der Waals surface area contributed by atoms with Gasteiger partial charge in [0, 0.05) is 13.0 Å². The average Bonchev–Trinajstić information content (AvgIpc) is 2.36. The second-order valence-electron chi connectivity index (χ2n) is 2.60. The maximum Gasteiger partial charge on any atom is 0.323 e. The second-order valence-corrected chi connectivity index (χ2v) is 2.60. The summed E-state index contributed by atoms with van der Waals surface area (Å²) in [5.41, 5.74) is 0. The normalized spacial score (nSPS) is 30.4. The zero-order valence-corrected chi connectivity index (χ0v) is 6.54. The Morgan fingerprint density at radius 3 is 3.00 bits per heavy atom. The van der Waals surface area contributed by atoms with Crippen LogP contribution in [0.3, 0.4) is 0 Å². The third-order valence-corrected chi connectivity index (χ3v) is 1.68. The molecule has 0 aromatic carbocycles. The lowest BCUT2D eigenvalue weighted by atomic mass is 10.2. The van der Waals surface area contributed by atoms with Crippen molar-refractivity contribution in [2.75, 3.05) is 13.2 Å². The predicted octanol–water partition coefficient (Wildman–Crippen LogP) is -0.728. The zero-order chi connectivity index (χ0) is 8.27. The summed E-state index contributed by atoms with van der Waals surface area (Å²) in [4.78, 5) is 11.0. The highest BCUT2D eigenvalue weighted by molar-refractivity contribution is 5.76. The Labute approximate surface area is 65.5 Å². The summed E-state index contributed by atoms with van der Waals surface area (Å²) in [5.74, 6) is -0.260. The number of nitrogens with one attached hydrogen (secondary N) is 1. The number of carbonyl (C=O) groups excluding carboxylic acids is 1. The van der Waals surface area contributed by atoms with E-state index in [-0.39, 0.29) is 12.0 Å². The van der Waals surface area contributed by atoms with Crippen LogP contribution in [0.1, 0.15) is 13.3 Å². The fourth-order valence-electron chi connectivity index (χ4n) is 1.14. The number of aliphatic hydroxyl groups excluding tert-OH is 1. The minimum absolute atomic E-state index is 0.260. The van der Waals surface area contributed by atoms with Crippen molar-refractivity contribution in [2.24, 2.45) is 0 Å². The molecule has 11 heavy (non-hydrogen) atoms. The molecule has 0 amide bonds. The summed E-state index contributed by atoms with van der Waals surface area (Å²) in [7, 11) is 0. The lowest BCUT2D eigenvalue weighted by Crippen LogP contribution is -2.32. The van der Waals surface area contributed by atoms with E-state index in [1.165, 1.54) is 0 Å². The van der Waals surface area contributed by atoms with E-state index >= 15 is 0 Å². The van der Waals surface area contributed by atoms with Gasteiger partial charge in [-0.05, 0) is 6.92 Å². The molecular formula is C7H13NO3. The van der Waals surface area contributed by atoms with Gasteiger partial charge in [-0.1, -0.05) is 0 Å². The molecule has 1 rings (SSSR count). The van der Waals surface area contributed by atoms with Crippen LogP contribution >= 0.6 is 0 Å². The monoisotopic (exact) mass is 159 g/mol. The van der Waals surface area contributed by atoms with Gasteiger partial charge in [0.15, 0.2) is 0 Å². The van der Waals surface area contributed by atoms with Crippen LogP contribution in [-0.2, 0) is 9.53 Å². The van der Waals surface area contributed by atoms with Gasteiger partial charge >= 0.3 is 5.97 Å². The Balaban J connectivity index is 2.31. The molecule has 2 atom stereocenters. The first-order chi connectivity index (χ1) is 5.24. The standard InChI is InChI=1S/C7H13NO3/c1-2-11-7(10)6-3-5(9)4-8-6/h5-6,8-9H,2-4H2,1H3/t5-,6+/m0/s1. The summed E-state index contributed by atoms with van der Waals surface area (Å²) >= 11 is 0. The van der Waals surface area contributed by atoms with Crippen LogP contribution in [-0.4, -0.2) is 36.4 Å². The van der Waals surface area contributed by atoms with Crippen LogP contribution in [0.25, 0.3) is 0 Å². The SMILES string of the molecule is CCOC(=O)[C@H]1C[C@H](O)CN1. The number of hydrogen-bond acceptors (Lipinski definition) is 4. The van der Waals surface area contributed by atoms with Gasteiger partial charge in [0.1, 0.15) is 6.04 Å². The maximum absolute atomic E-state index is 11.0. The molecular weight excluding hydrogens is 146 g/mol. The third kappa shape index (κ3) is 2.17. The van der Waals surface area contributed by atoms with Gasteiger partial charge in [0.2, 0.25) is 0 Å². The molecule has 0 unspecified atom stereocenters. The van der Waals surface area contributed by atoms with Crippen LogP contribution in [0.15, 0.2) is 0 Å². The van der Waals surface area contributed by atoms with Crippen molar-refractivity contribution in [3.63, 3.8) is 0 Å². The van der Waals surface area contributed by atoms with E-state index in [0.29, 0.717) is 19.6 Å². The minimum Gasteiger partial charge on any atom is -0.465 e. The quantitative estimate of drug-likeness (QED) is 0.522. The summed E-state index contributed by atoms with van der Waals surface area (Å²) in [6.45, 7) is 2.65. The van der Waals surface area contributed by atoms with Crippen molar-refractivity contribution in [1.82, 2.24) is 5.32 Å². The van der Waals surface area contributed by atoms with Gasteiger partial charge in [0.05, 0.1) is 12.7 Å². The van der Waals surface area contributed by atoms with E-state index in [2.05, 4.69) is 5.32 Å². The summed E-state index contributed by atoms with van der Waals surface area (Å²) in [6.07, 6.45) is 0.0724. The number of esters is 1. The molecule has 0 spiro atoms. The number of hydrogen-bond donors (Lipinski definition) is 2. The second kappa shape index (κ2) is 3.69. The van der Waals surface area contributed by atoms with Crippen molar-refractivity contribution < 1.29 is 14.6 Å².